The summed E-state index contributed by atoms with van der Waals surface area (Å²) in [4.78, 5) is 6.28. The first-order valence-corrected chi connectivity index (χ1v) is 5.79. The molecule has 0 fully saturated rings. The lowest BCUT2D eigenvalue weighted by molar-refractivity contribution is 0.479. The molecule has 17 heavy (non-hydrogen) atoms. The molecule has 0 bridgehead atoms. The molecule has 0 saturated carbocycles. The van der Waals surface area contributed by atoms with Gasteiger partial charge >= 0.3 is 0 Å². The van der Waals surface area contributed by atoms with Crippen molar-refractivity contribution in [3.8, 4) is 0 Å². The van der Waals surface area contributed by atoms with Crippen LogP contribution in [0.4, 0.5) is 5.69 Å². The van der Waals surface area contributed by atoms with Gasteiger partial charge in [0.2, 0.25) is 0 Å². The zero-order chi connectivity index (χ0) is 12.5. The van der Waals surface area contributed by atoms with Gasteiger partial charge < -0.3 is 15.1 Å². The van der Waals surface area contributed by atoms with Crippen LogP contribution in [0.1, 0.15) is 20.3 Å². The van der Waals surface area contributed by atoms with Crippen LogP contribution >= 0.6 is 0 Å². The van der Waals surface area contributed by atoms with Crippen LogP contribution in [0.3, 0.4) is 0 Å². The van der Waals surface area contributed by atoms with Crippen LogP contribution in [0, 0.1) is 0 Å². The molecule has 0 aliphatic heterocycles. The van der Waals surface area contributed by atoms with E-state index in [4.69, 9.17) is 10.2 Å². The molecule has 0 radical (unpaired) electrons. The summed E-state index contributed by atoms with van der Waals surface area (Å²) in [7, 11) is 2.06. The Labute approximate surface area is 101 Å². The minimum atomic E-state index is -0.134. The molecule has 0 aliphatic rings. The van der Waals surface area contributed by atoms with E-state index in [2.05, 4.69) is 16.9 Å². The van der Waals surface area contributed by atoms with Gasteiger partial charge in [0.15, 0.2) is 12.0 Å². The Morgan fingerprint density at radius 2 is 2.18 bits per heavy atom. The van der Waals surface area contributed by atoms with E-state index >= 15 is 0 Å². The van der Waals surface area contributed by atoms with Crippen molar-refractivity contribution in [1.82, 2.24) is 4.98 Å². The third-order valence-electron chi connectivity index (χ3n) is 2.85. The molecule has 0 unspecified atom stereocenters. The molecule has 1 aromatic carbocycles. The number of benzene rings is 1. The Hall–Kier alpha value is -1.55. The van der Waals surface area contributed by atoms with E-state index in [0.717, 1.165) is 29.8 Å². The summed E-state index contributed by atoms with van der Waals surface area (Å²) in [5, 5.41) is 0. The second-order valence-corrected chi connectivity index (χ2v) is 5.16. The molecule has 0 saturated heterocycles. The van der Waals surface area contributed by atoms with Crippen LogP contribution in [0.25, 0.3) is 11.1 Å². The van der Waals surface area contributed by atoms with E-state index < -0.39 is 0 Å². The van der Waals surface area contributed by atoms with Crippen molar-refractivity contribution in [2.75, 3.05) is 18.5 Å². The maximum absolute atomic E-state index is 5.98. The van der Waals surface area contributed by atoms with E-state index in [-0.39, 0.29) is 5.54 Å². The first-order chi connectivity index (χ1) is 7.96. The lowest BCUT2D eigenvalue weighted by Gasteiger charge is -2.25. The number of nitrogens with zero attached hydrogens (tertiary/aromatic N) is 2. The molecular formula is C13H19N3O. The highest BCUT2D eigenvalue weighted by atomic mass is 16.3. The zero-order valence-corrected chi connectivity index (χ0v) is 10.6. The van der Waals surface area contributed by atoms with Gasteiger partial charge in [-0.05, 0) is 32.4 Å². The second kappa shape index (κ2) is 4.37. The van der Waals surface area contributed by atoms with Gasteiger partial charge in [-0.1, -0.05) is 0 Å². The standard InChI is InChI=1S/C13H19N3O/c1-13(2,14)6-7-16(3)10-4-5-11-12(8-10)17-9-15-11/h4-5,8-9H,6-7,14H2,1-3H3. The predicted molar refractivity (Wildman–Crippen MR) is 70.2 cm³/mol. The Morgan fingerprint density at radius 1 is 1.41 bits per heavy atom. The highest BCUT2D eigenvalue weighted by molar-refractivity contribution is 5.76. The highest BCUT2D eigenvalue weighted by Gasteiger charge is 2.12. The fourth-order valence-electron chi connectivity index (χ4n) is 1.67. The van der Waals surface area contributed by atoms with Gasteiger partial charge in [0.25, 0.3) is 0 Å². The highest BCUT2D eigenvalue weighted by Crippen LogP contribution is 2.21. The van der Waals surface area contributed by atoms with Crippen LogP contribution in [0.15, 0.2) is 29.0 Å². The van der Waals surface area contributed by atoms with Crippen molar-refractivity contribution in [1.29, 1.82) is 0 Å². The molecule has 2 N–H and O–H groups in total. The third-order valence-corrected chi connectivity index (χ3v) is 2.85. The molecule has 0 amide bonds. The van der Waals surface area contributed by atoms with Crippen molar-refractivity contribution >= 4 is 16.8 Å². The quantitative estimate of drug-likeness (QED) is 0.881. The maximum Gasteiger partial charge on any atom is 0.181 e. The monoisotopic (exact) mass is 233 g/mol. The van der Waals surface area contributed by atoms with Crippen LogP contribution in [-0.4, -0.2) is 24.1 Å². The third kappa shape index (κ3) is 2.97. The van der Waals surface area contributed by atoms with E-state index in [0.29, 0.717) is 0 Å². The van der Waals surface area contributed by atoms with E-state index in [1.165, 1.54) is 6.39 Å². The lowest BCUT2D eigenvalue weighted by Crippen LogP contribution is -2.36. The van der Waals surface area contributed by atoms with E-state index in [9.17, 15) is 0 Å². The van der Waals surface area contributed by atoms with Crippen molar-refractivity contribution < 1.29 is 4.42 Å². The van der Waals surface area contributed by atoms with Crippen LogP contribution in [0.5, 0.6) is 0 Å². The van der Waals surface area contributed by atoms with Crippen molar-refractivity contribution in [2.45, 2.75) is 25.8 Å². The summed E-state index contributed by atoms with van der Waals surface area (Å²) in [6.45, 7) is 5.00. The Bertz CT molecular complexity index is 499. The topological polar surface area (TPSA) is 55.3 Å². The van der Waals surface area contributed by atoms with Crippen molar-refractivity contribution in [3.63, 3.8) is 0 Å². The molecular weight excluding hydrogens is 214 g/mol. The number of nitrogens with two attached hydrogens (primary N) is 1. The average Bonchev–Trinajstić information content (AvgIpc) is 2.71. The summed E-state index contributed by atoms with van der Waals surface area (Å²) in [6.07, 6.45) is 2.41. The molecule has 4 nitrogen and oxygen atoms in total. The van der Waals surface area contributed by atoms with Gasteiger partial charge in [-0.25, -0.2) is 4.98 Å². The Morgan fingerprint density at radius 3 is 2.88 bits per heavy atom. The van der Waals surface area contributed by atoms with Crippen LogP contribution < -0.4 is 10.6 Å². The van der Waals surface area contributed by atoms with Gasteiger partial charge in [-0.2, -0.15) is 0 Å². The summed E-state index contributed by atoms with van der Waals surface area (Å²) in [5.74, 6) is 0. The van der Waals surface area contributed by atoms with Crippen molar-refractivity contribution in [3.05, 3.63) is 24.6 Å². The molecule has 2 aromatic rings. The first-order valence-electron chi connectivity index (χ1n) is 5.79. The molecule has 0 spiro atoms. The minimum Gasteiger partial charge on any atom is -0.443 e. The SMILES string of the molecule is CN(CCC(C)(C)N)c1ccc2ncoc2c1. The van der Waals surface area contributed by atoms with Crippen molar-refractivity contribution in [2.24, 2.45) is 5.73 Å². The molecule has 4 heteroatoms. The smallest absolute Gasteiger partial charge is 0.181 e. The first kappa shape index (κ1) is 11.9. The molecule has 0 atom stereocenters. The van der Waals surface area contributed by atoms with Crippen LogP contribution in [0.2, 0.25) is 0 Å². The number of oxazole rings is 1. The minimum absolute atomic E-state index is 0.134. The number of hydrogen-bond acceptors (Lipinski definition) is 4. The molecule has 2 rings (SSSR count). The summed E-state index contributed by atoms with van der Waals surface area (Å²) in [5.41, 5.74) is 8.68. The van der Waals surface area contributed by atoms with Gasteiger partial charge in [0.05, 0.1) is 0 Å². The molecule has 1 aromatic heterocycles. The average molecular weight is 233 g/mol. The number of aromatic nitrogens is 1. The Balaban J connectivity index is 2.10. The van der Waals surface area contributed by atoms with Gasteiger partial charge in [-0.3, -0.25) is 0 Å². The maximum atomic E-state index is 5.98. The molecule has 0 aliphatic carbocycles. The fraction of sp³-hybridized carbons (Fsp3) is 0.462. The predicted octanol–water partition coefficient (Wildman–Crippen LogP) is 2.39. The fourth-order valence-corrected chi connectivity index (χ4v) is 1.67. The summed E-state index contributed by atoms with van der Waals surface area (Å²) >= 11 is 0. The van der Waals surface area contributed by atoms with Gasteiger partial charge in [-0.15, -0.1) is 0 Å². The van der Waals surface area contributed by atoms with Gasteiger partial charge in [0, 0.05) is 30.9 Å². The van der Waals surface area contributed by atoms with E-state index in [1.54, 1.807) is 0 Å². The number of anilines is 1. The Kier molecular flexibility index (Phi) is 3.07. The normalized spacial score (nSPS) is 12.0. The van der Waals surface area contributed by atoms with Crippen LogP contribution in [-0.2, 0) is 0 Å². The van der Waals surface area contributed by atoms with Gasteiger partial charge in [0.1, 0.15) is 5.52 Å². The largest absolute Gasteiger partial charge is 0.443 e. The summed E-state index contributed by atoms with van der Waals surface area (Å²) < 4.78 is 5.29. The zero-order valence-electron chi connectivity index (χ0n) is 10.6. The molecule has 1 heterocycles. The number of rotatable bonds is 4. The second-order valence-electron chi connectivity index (χ2n) is 5.16. The van der Waals surface area contributed by atoms with E-state index in [1.807, 2.05) is 32.0 Å². The number of hydrogen-bond donors (Lipinski definition) is 1. The number of fused-ring (bicyclic) bond motifs is 1. The summed E-state index contributed by atoms with van der Waals surface area (Å²) in [6, 6.07) is 6.03. The molecule has 92 valence electrons. The lowest BCUT2D eigenvalue weighted by atomic mass is 10.0.